The Morgan fingerprint density at radius 2 is 0.596 bits per heavy atom. The molecule has 248 valence electrons. The van der Waals surface area contributed by atoms with Gasteiger partial charge in [-0.1, -0.05) is 117 Å². The van der Waals surface area contributed by atoms with Crippen molar-refractivity contribution in [1.82, 2.24) is 0 Å². The first-order valence-corrected chi connectivity index (χ1v) is 19.5. The van der Waals surface area contributed by atoms with E-state index in [0.29, 0.717) is 0 Å². The van der Waals surface area contributed by atoms with Gasteiger partial charge in [-0.25, -0.2) is 0 Å². The molecule has 4 aromatic rings. The van der Waals surface area contributed by atoms with Gasteiger partial charge in [-0.05, 0) is 77.6 Å². The van der Waals surface area contributed by atoms with E-state index in [1.165, 1.54) is 0 Å². The first-order valence-electron chi connectivity index (χ1n) is 16.3. The third-order valence-corrected chi connectivity index (χ3v) is 13.5. The molecular formula is C39H46O6P2. The molecule has 0 N–H and O–H groups in total. The molecule has 0 aliphatic carbocycles. The van der Waals surface area contributed by atoms with Crippen LogP contribution >= 0.6 is 15.2 Å². The summed E-state index contributed by atoms with van der Waals surface area (Å²) in [4.78, 5) is 0. The van der Waals surface area contributed by atoms with Gasteiger partial charge in [0.05, 0.1) is 31.8 Å². The number of hydrogen-bond donors (Lipinski definition) is 0. The molecule has 47 heavy (non-hydrogen) atoms. The predicted molar refractivity (Wildman–Crippen MR) is 189 cm³/mol. The third kappa shape index (κ3) is 7.15. The fraction of sp³-hybridized carbons (Fsp3) is 0.385. The van der Waals surface area contributed by atoms with Gasteiger partial charge >= 0.3 is 15.2 Å². The maximum Gasteiger partial charge on any atom is 0.342 e. The molecule has 0 bridgehead atoms. The summed E-state index contributed by atoms with van der Waals surface area (Å²) in [6.45, 7) is 16.8. The molecule has 8 heteroatoms. The van der Waals surface area contributed by atoms with E-state index in [1.807, 2.05) is 55.4 Å². The highest BCUT2D eigenvalue weighted by Gasteiger charge is 2.53. The molecule has 6 rings (SSSR count). The molecule has 0 aromatic heterocycles. The zero-order valence-electron chi connectivity index (χ0n) is 28.8. The molecular weight excluding hydrogens is 626 g/mol. The standard InChI is InChI=1S/C39H46O6P2/c1-25-9-26(2)14-33(13-25)37(34-15-27(3)10-28(4)16-34)46(40)42-21-39(22-43-46)23-44-47(41,45-24-39)38(35-17-29(5)11-30(6)18-35)36-19-31(7)12-32(8)20-36/h9-20,37-38H,21-24H2,1-8H3. The summed E-state index contributed by atoms with van der Waals surface area (Å²) in [6, 6.07) is 24.9. The first-order chi connectivity index (χ1) is 22.2. The van der Waals surface area contributed by atoms with Gasteiger partial charge < -0.3 is 18.1 Å². The van der Waals surface area contributed by atoms with Crippen LogP contribution in [0.25, 0.3) is 0 Å². The minimum atomic E-state index is -3.69. The summed E-state index contributed by atoms with van der Waals surface area (Å²) in [6.07, 6.45) is 0. The molecule has 2 heterocycles. The Balaban J connectivity index is 1.29. The number of hydrogen-bond acceptors (Lipinski definition) is 6. The van der Waals surface area contributed by atoms with Gasteiger partial charge in [-0.15, -0.1) is 0 Å². The van der Waals surface area contributed by atoms with E-state index in [-0.39, 0.29) is 26.4 Å². The van der Waals surface area contributed by atoms with Crippen molar-refractivity contribution in [1.29, 1.82) is 0 Å². The lowest BCUT2D eigenvalue weighted by molar-refractivity contribution is -0.0703. The first kappa shape index (κ1) is 34.1. The molecule has 1 spiro atoms. The van der Waals surface area contributed by atoms with Crippen LogP contribution in [0.4, 0.5) is 0 Å². The van der Waals surface area contributed by atoms with Crippen LogP contribution in [0.5, 0.6) is 0 Å². The summed E-state index contributed by atoms with van der Waals surface area (Å²) in [5.41, 5.74) is 10.4. The Hall–Kier alpha value is -2.82. The van der Waals surface area contributed by atoms with Crippen LogP contribution in [0.1, 0.15) is 78.1 Å². The van der Waals surface area contributed by atoms with E-state index >= 15 is 0 Å². The van der Waals surface area contributed by atoms with Crippen molar-refractivity contribution < 1.29 is 27.2 Å². The largest absolute Gasteiger partial charge is 0.342 e. The summed E-state index contributed by atoms with van der Waals surface area (Å²) in [7, 11) is -7.38. The number of aryl methyl sites for hydroxylation is 8. The van der Waals surface area contributed by atoms with Gasteiger partial charge in [-0.2, -0.15) is 0 Å². The van der Waals surface area contributed by atoms with Gasteiger partial charge in [-0.3, -0.25) is 9.13 Å². The van der Waals surface area contributed by atoms with Crippen LogP contribution in [-0.2, 0) is 27.2 Å². The summed E-state index contributed by atoms with van der Waals surface area (Å²) in [5, 5.41) is 0. The Morgan fingerprint density at radius 1 is 0.404 bits per heavy atom. The topological polar surface area (TPSA) is 71.1 Å². The van der Waals surface area contributed by atoms with Crippen LogP contribution in [0.15, 0.2) is 72.8 Å². The summed E-state index contributed by atoms with van der Waals surface area (Å²) < 4.78 is 54.9. The fourth-order valence-electron chi connectivity index (χ4n) is 7.32. The molecule has 2 aliphatic rings. The average molecular weight is 673 g/mol. The maximum atomic E-state index is 14.8. The highest BCUT2D eigenvalue weighted by Crippen LogP contribution is 2.70. The normalized spacial score (nSPS) is 24.7. The lowest BCUT2D eigenvalue weighted by Crippen LogP contribution is -2.46. The molecule has 2 aliphatic heterocycles. The number of benzene rings is 4. The second-order valence-corrected chi connectivity index (χ2v) is 18.4. The zero-order valence-corrected chi connectivity index (χ0v) is 30.5. The van der Waals surface area contributed by atoms with E-state index in [2.05, 4.69) is 72.8 Å². The summed E-state index contributed by atoms with van der Waals surface area (Å²) in [5.74, 6) is 0. The van der Waals surface area contributed by atoms with E-state index in [4.69, 9.17) is 18.1 Å². The lowest BCUT2D eigenvalue weighted by Gasteiger charge is -2.45. The van der Waals surface area contributed by atoms with Crippen molar-refractivity contribution in [3.8, 4) is 0 Å². The Kier molecular flexibility index (Phi) is 9.35. The van der Waals surface area contributed by atoms with Gasteiger partial charge in [0.15, 0.2) is 0 Å². The molecule has 0 amide bonds. The minimum Gasteiger partial charge on any atom is -0.307 e. The molecule has 0 unspecified atom stereocenters. The van der Waals surface area contributed by atoms with Crippen LogP contribution in [0.3, 0.4) is 0 Å². The Labute approximate surface area is 279 Å². The van der Waals surface area contributed by atoms with Gasteiger partial charge in [0, 0.05) is 0 Å². The molecule has 6 nitrogen and oxygen atoms in total. The molecule has 0 atom stereocenters. The molecule has 4 aromatic carbocycles. The third-order valence-electron chi connectivity index (χ3n) is 9.07. The summed E-state index contributed by atoms with van der Waals surface area (Å²) >= 11 is 0. The second-order valence-electron chi connectivity index (χ2n) is 14.2. The Bertz CT molecular complexity index is 1580. The van der Waals surface area contributed by atoms with E-state index in [9.17, 15) is 9.13 Å². The van der Waals surface area contributed by atoms with Gasteiger partial charge in [0.2, 0.25) is 0 Å². The highest BCUT2D eigenvalue weighted by atomic mass is 31.2. The van der Waals surface area contributed by atoms with Crippen molar-refractivity contribution >= 4 is 15.2 Å². The van der Waals surface area contributed by atoms with Crippen molar-refractivity contribution in [2.24, 2.45) is 5.41 Å². The van der Waals surface area contributed by atoms with Crippen molar-refractivity contribution in [3.05, 3.63) is 140 Å². The maximum absolute atomic E-state index is 14.8. The molecule has 2 fully saturated rings. The second kappa shape index (κ2) is 12.9. The lowest BCUT2D eigenvalue weighted by atomic mass is 9.93. The van der Waals surface area contributed by atoms with Crippen molar-refractivity contribution in [2.75, 3.05) is 26.4 Å². The van der Waals surface area contributed by atoms with Crippen molar-refractivity contribution in [3.63, 3.8) is 0 Å². The quantitative estimate of drug-likeness (QED) is 0.190. The van der Waals surface area contributed by atoms with E-state index in [0.717, 1.165) is 66.8 Å². The van der Waals surface area contributed by atoms with Crippen LogP contribution in [0.2, 0.25) is 0 Å². The fourth-order valence-corrected chi connectivity index (χ4v) is 11.9. The minimum absolute atomic E-state index is 0.105. The molecule has 2 saturated heterocycles. The van der Waals surface area contributed by atoms with Crippen LogP contribution in [0, 0.1) is 60.8 Å². The van der Waals surface area contributed by atoms with Crippen LogP contribution < -0.4 is 0 Å². The smallest absolute Gasteiger partial charge is 0.307 e. The van der Waals surface area contributed by atoms with Gasteiger partial charge in [0.1, 0.15) is 11.3 Å². The van der Waals surface area contributed by atoms with Crippen molar-refractivity contribution in [2.45, 2.75) is 66.7 Å². The average Bonchev–Trinajstić information content (AvgIpc) is 2.95. The van der Waals surface area contributed by atoms with E-state index in [1.54, 1.807) is 0 Å². The van der Waals surface area contributed by atoms with Crippen LogP contribution in [-0.4, -0.2) is 26.4 Å². The zero-order chi connectivity index (χ0) is 33.7. The highest BCUT2D eigenvalue weighted by molar-refractivity contribution is 7.55. The predicted octanol–water partition coefficient (Wildman–Crippen LogP) is 10.5. The number of rotatable bonds is 6. The Morgan fingerprint density at radius 3 is 0.787 bits per heavy atom. The molecule has 0 radical (unpaired) electrons. The SMILES string of the molecule is Cc1cc(C)cc(C(c2cc(C)cc(C)c2)P2(=O)OCC3(CO2)COP(=O)(C(c2cc(C)cc(C)c2)c2cc(C)cc(C)c2)OC3)c1. The monoisotopic (exact) mass is 672 g/mol. The molecule has 0 saturated carbocycles. The van der Waals surface area contributed by atoms with Gasteiger partial charge in [0.25, 0.3) is 0 Å². The van der Waals surface area contributed by atoms with E-state index < -0.39 is 31.9 Å².